The number of anilines is 1. The third kappa shape index (κ3) is 4.47. The van der Waals surface area contributed by atoms with Crippen molar-refractivity contribution in [1.82, 2.24) is 0 Å². The van der Waals surface area contributed by atoms with E-state index in [2.05, 4.69) is 4.72 Å². The lowest BCUT2D eigenvalue weighted by atomic mass is 10.2. The van der Waals surface area contributed by atoms with Crippen molar-refractivity contribution in [2.75, 3.05) is 18.9 Å². The Kier molecular flexibility index (Phi) is 6.12. The molecular weight excluding hydrogens is 382 g/mol. The third-order valence-electron chi connectivity index (χ3n) is 3.29. The number of carbonyl (C=O) groups is 1. The highest BCUT2D eigenvalue weighted by Crippen LogP contribution is 2.37. The molecule has 0 saturated heterocycles. The summed E-state index contributed by atoms with van der Waals surface area (Å²) < 4.78 is 38.4. The van der Waals surface area contributed by atoms with E-state index in [1.54, 1.807) is 18.2 Å². The highest BCUT2D eigenvalue weighted by atomic mass is 35.5. The topological polar surface area (TPSA) is 102 Å². The molecule has 2 aromatic rings. The molecule has 2 N–H and O–H groups in total. The number of benzene rings is 2. The standard InChI is InChI=1S/C17H16ClNO6S/c1-24-14-9-11(7-8-16(20)21)10-15(17(14)25-2)26(22,23)19-13-6-4-3-5-12(13)18/h3-10,19H,1-2H3,(H,20,21). The highest BCUT2D eigenvalue weighted by Gasteiger charge is 2.24. The average Bonchev–Trinajstić information content (AvgIpc) is 2.60. The van der Waals surface area contributed by atoms with Crippen molar-refractivity contribution in [2.24, 2.45) is 0 Å². The predicted molar refractivity (Wildman–Crippen MR) is 98.5 cm³/mol. The predicted octanol–water partition coefficient (Wildman–Crippen LogP) is 3.26. The number of nitrogens with one attached hydrogen (secondary N) is 1. The Balaban J connectivity index is 2.59. The summed E-state index contributed by atoms with van der Waals surface area (Å²) in [6.45, 7) is 0. The summed E-state index contributed by atoms with van der Waals surface area (Å²) in [6, 6.07) is 9.10. The monoisotopic (exact) mass is 397 g/mol. The maximum absolute atomic E-state index is 12.8. The van der Waals surface area contributed by atoms with Crippen LogP contribution in [0.2, 0.25) is 5.02 Å². The van der Waals surface area contributed by atoms with Gasteiger partial charge in [-0.2, -0.15) is 0 Å². The number of halogens is 1. The summed E-state index contributed by atoms with van der Waals surface area (Å²) in [6.07, 6.45) is 2.14. The number of methoxy groups -OCH3 is 2. The van der Waals surface area contributed by atoms with Gasteiger partial charge in [0.15, 0.2) is 11.5 Å². The number of sulfonamides is 1. The SMILES string of the molecule is COc1cc(C=CC(=O)O)cc(S(=O)(=O)Nc2ccccc2Cl)c1OC. The number of carboxylic acid groups (broad SMARTS) is 1. The Labute approximate surface area is 155 Å². The van der Waals surface area contributed by atoms with E-state index in [4.69, 9.17) is 26.2 Å². The summed E-state index contributed by atoms with van der Waals surface area (Å²) >= 11 is 6.01. The minimum absolute atomic E-state index is 0.0143. The second-order valence-corrected chi connectivity index (χ2v) is 7.07. The summed E-state index contributed by atoms with van der Waals surface area (Å²) in [5, 5.41) is 8.99. The summed E-state index contributed by atoms with van der Waals surface area (Å²) in [7, 11) is -1.44. The van der Waals surface area contributed by atoms with E-state index in [-0.39, 0.29) is 27.1 Å². The number of carboxylic acids is 1. The first kappa shape index (κ1) is 19.6. The fourth-order valence-corrected chi connectivity index (χ4v) is 3.69. The smallest absolute Gasteiger partial charge is 0.328 e. The first-order valence-corrected chi connectivity index (χ1v) is 9.09. The van der Waals surface area contributed by atoms with Gasteiger partial charge < -0.3 is 14.6 Å². The average molecular weight is 398 g/mol. The molecule has 0 aliphatic rings. The van der Waals surface area contributed by atoms with Crippen molar-refractivity contribution in [3.05, 3.63) is 53.1 Å². The lowest BCUT2D eigenvalue weighted by Gasteiger charge is -2.16. The normalized spacial score (nSPS) is 11.3. The van der Waals surface area contributed by atoms with Crippen molar-refractivity contribution < 1.29 is 27.8 Å². The lowest BCUT2D eigenvalue weighted by Crippen LogP contribution is -2.15. The Morgan fingerprint density at radius 1 is 1.19 bits per heavy atom. The van der Waals surface area contributed by atoms with Crippen LogP contribution in [0.5, 0.6) is 11.5 Å². The zero-order chi connectivity index (χ0) is 19.3. The Hall–Kier alpha value is -2.71. The van der Waals surface area contributed by atoms with Crippen LogP contribution >= 0.6 is 11.6 Å². The first-order chi connectivity index (χ1) is 12.3. The molecule has 0 amide bonds. The molecule has 0 bridgehead atoms. The molecule has 0 radical (unpaired) electrons. The molecular formula is C17H16ClNO6S. The molecule has 9 heteroatoms. The van der Waals surface area contributed by atoms with Gasteiger partial charge in [-0.1, -0.05) is 23.7 Å². The van der Waals surface area contributed by atoms with Gasteiger partial charge in [-0.3, -0.25) is 4.72 Å². The molecule has 2 aromatic carbocycles. The van der Waals surface area contributed by atoms with Gasteiger partial charge in [-0.15, -0.1) is 0 Å². The van der Waals surface area contributed by atoms with Gasteiger partial charge in [0.25, 0.3) is 10.0 Å². The number of ether oxygens (including phenoxy) is 2. The fraction of sp³-hybridized carbons (Fsp3) is 0.118. The van der Waals surface area contributed by atoms with Crippen LogP contribution in [0.25, 0.3) is 6.08 Å². The van der Waals surface area contributed by atoms with E-state index in [9.17, 15) is 13.2 Å². The number of hydrogen-bond acceptors (Lipinski definition) is 5. The Bertz CT molecular complexity index is 956. The second kappa shape index (κ2) is 8.11. The molecule has 2 rings (SSSR count). The van der Waals surface area contributed by atoms with Crippen LogP contribution in [0.15, 0.2) is 47.4 Å². The first-order valence-electron chi connectivity index (χ1n) is 7.23. The van der Waals surface area contributed by atoms with E-state index in [0.29, 0.717) is 5.56 Å². The summed E-state index contributed by atoms with van der Waals surface area (Å²) in [5.41, 5.74) is 0.506. The number of aliphatic carboxylic acids is 1. The van der Waals surface area contributed by atoms with E-state index in [0.717, 1.165) is 6.08 Å². The quantitative estimate of drug-likeness (QED) is 0.695. The maximum Gasteiger partial charge on any atom is 0.328 e. The zero-order valence-corrected chi connectivity index (χ0v) is 15.5. The zero-order valence-electron chi connectivity index (χ0n) is 13.9. The third-order valence-corrected chi connectivity index (χ3v) is 4.99. The molecule has 138 valence electrons. The van der Waals surface area contributed by atoms with Crippen molar-refractivity contribution in [3.8, 4) is 11.5 Å². The number of para-hydroxylation sites is 1. The Morgan fingerprint density at radius 2 is 1.88 bits per heavy atom. The van der Waals surface area contributed by atoms with Crippen LogP contribution in [0.3, 0.4) is 0 Å². The van der Waals surface area contributed by atoms with Gasteiger partial charge in [0, 0.05) is 6.08 Å². The van der Waals surface area contributed by atoms with Crippen LogP contribution in [0.1, 0.15) is 5.56 Å². The highest BCUT2D eigenvalue weighted by molar-refractivity contribution is 7.92. The Morgan fingerprint density at radius 3 is 2.46 bits per heavy atom. The van der Waals surface area contributed by atoms with Gasteiger partial charge in [0.1, 0.15) is 4.90 Å². The van der Waals surface area contributed by atoms with E-state index < -0.39 is 16.0 Å². The van der Waals surface area contributed by atoms with Crippen LogP contribution in [-0.4, -0.2) is 33.7 Å². The van der Waals surface area contributed by atoms with Gasteiger partial charge in [0.2, 0.25) is 0 Å². The van der Waals surface area contributed by atoms with Crippen molar-refractivity contribution in [2.45, 2.75) is 4.90 Å². The summed E-state index contributed by atoms with van der Waals surface area (Å²) in [4.78, 5) is 10.5. The molecule has 0 spiro atoms. The molecule has 0 fully saturated rings. The van der Waals surface area contributed by atoms with Gasteiger partial charge >= 0.3 is 5.97 Å². The molecule has 0 unspecified atom stereocenters. The van der Waals surface area contributed by atoms with Gasteiger partial charge in [-0.25, -0.2) is 13.2 Å². The molecule has 0 aromatic heterocycles. The fourth-order valence-electron chi connectivity index (χ4n) is 2.16. The molecule has 0 aliphatic heterocycles. The van der Waals surface area contributed by atoms with Crippen LogP contribution in [-0.2, 0) is 14.8 Å². The van der Waals surface area contributed by atoms with Gasteiger partial charge in [0.05, 0.1) is 24.9 Å². The van der Waals surface area contributed by atoms with Crippen LogP contribution < -0.4 is 14.2 Å². The molecule has 0 saturated carbocycles. The number of hydrogen-bond donors (Lipinski definition) is 2. The molecule has 26 heavy (non-hydrogen) atoms. The largest absolute Gasteiger partial charge is 0.493 e. The molecule has 0 atom stereocenters. The lowest BCUT2D eigenvalue weighted by molar-refractivity contribution is -0.131. The number of rotatable bonds is 7. The molecule has 0 aliphatic carbocycles. The van der Waals surface area contributed by atoms with E-state index in [1.807, 2.05) is 0 Å². The second-order valence-electron chi connectivity index (χ2n) is 5.01. The summed E-state index contributed by atoms with van der Waals surface area (Å²) in [5.74, 6) is -1.04. The van der Waals surface area contributed by atoms with Crippen LogP contribution in [0, 0.1) is 0 Å². The van der Waals surface area contributed by atoms with E-state index >= 15 is 0 Å². The molecule has 7 nitrogen and oxygen atoms in total. The van der Waals surface area contributed by atoms with E-state index in [1.165, 1.54) is 38.5 Å². The van der Waals surface area contributed by atoms with Gasteiger partial charge in [-0.05, 0) is 35.9 Å². The molecule has 0 heterocycles. The van der Waals surface area contributed by atoms with Crippen molar-refractivity contribution in [1.29, 1.82) is 0 Å². The minimum Gasteiger partial charge on any atom is -0.493 e. The maximum atomic E-state index is 12.8. The van der Waals surface area contributed by atoms with Crippen molar-refractivity contribution in [3.63, 3.8) is 0 Å². The van der Waals surface area contributed by atoms with Crippen LogP contribution in [0.4, 0.5) is 5.69 Å². The van der Waals surface area contributed by atoms with Crippen molar-refractivity contribution >= 4 is 39.4 Å². The minimum atomic E-state index is -4.09.